The molecule has 1 aromatic carbocycles. The van der Waals surface area contributed by atoms with E-state index in [0.717, 1.165) is 30.5 Å². The Labute approximate surface area is 140 Å². The summed E-state index contributed by atoms with van der Waals surface area (Å²) in [5, 5.41) is 9.74. The number of benzene rings is 1. The quantitative estimate of drug-likeness (QED) is 0.789. The first-order valence-corrected chi connectivity index (χ1v) is 7.40. The summed E-state index contributed by atoms with van der Waals surface area (Å²) in [4.78, 5) is 16.3. The molecule has 0 radical (unpaired) electrons. The molecule has 1 amide bonds. The van der Waals surface area contributed by atoms with Crippen molar-refractivity contribution < 1.29 is 9.53 Å². The predicted octanol–water partition coefficient (Wildman–Crippen LogP) is 1.86. The lowest BCUT2D eigenvalue weighted by Crippen LogP contribution is -2.33. The molecule has 3 rings (SSSR count). The highest BCUT2D eigenvalue weighted by Gasteiger charge is 2.21. The third-order valence-corrected chi connectivity index (χ3v) is 3.61. The monoisotopic (exact) mass is 337 g/mol. The molecule has 2 aromatic rings. The number of nitrogens with zero attached hydrogens (tertiary/aromatic N) is 2. The normalized spacial score (nSPS) is 17.3. The Kier molecular flexibility index (Phi) is 6.09. The number of nitrogens with one attached hydrogen (secondary N) is 2. The molecule has 1 fully saturated rings. The zero-order chi connectivity index (χ0) is 15.4. The minimum absolute atomic E-state index is 0. The van der Waals surface area contributed by atoms with E-state index in [2.05, 4.69) is 20.5 Å². The largest absolute Gasteiger partial charge is 0.368 e. The molecule has 124 valence electrons. The molecule has 0 spiro atoms. The number of hydrogen-bond acceptors (Lipinski definition) is 5. The maximum Gasteiger partial charge on any atom is 0.253 e. The smallest absolute Gasteiger partial charge is 0.253 e. The van der Waals surface area contributed by atoms with E-state index in [1.54, 1.807) is 0 Å². The highest BCUT2D eigenvalue weighted by molar-refractivity contribution is 5.94. The van der Waals surface area contributed by atoms with Crippen LogP contribution < -0.4 is 11.1 Å². The van der Waals surface area contributed by atoms with Gasteiger partial charge in [0.25, 0.3) is 5.91 Å². The minimum atomic E-state index is -0.339. The van der Waals surface area contributed by atoms with Crippen molar-refractivity contribution in [3.63, 3.8) is 0 Å². The molecule has 2 heterocycles. The van der Waals surface area contributed by atoms with Gasteiger partial charge in [0.15, 0.2) is 5.82 Å². The van der Waals surface area contributed by atoms with E-state index in [1.165, 1.54) is 0 Å². The summed E-state index contributed by atoms with van der Waals surface area (Å²) in [6.07, 6.45) is 2.50. The van der Waals surface area contributed by atoms with Gasteiger partial charge in [0.2, 0.25) is 0 Å². The number of halogens is 1. The van der Waals surface area contributed by atoms with Crippen molar-refractivity contribution in [2.75, 3.05) is 11.9 Å². The highest BCUT2D eigenvalue weighted by atomic mass is 35.5. The predicted molar refractivity (Wildman–Crippen MR) is 89.2 cm³/mol. The fraction of sp³-hybridized carbons (Fsp3) is 0.400. The van der Waals surface area contributed by atoms with Crippen molar-refractivity contribution in [3.8, 4) is 11.4 Å². The average molecular weight is 338 g/mol. The number of amides is 1. The van der Waals surface area contributed by atoms with Crippen molar-refractivity contribution in [3.05, 3.63) is 30.1 Å². The van der Waals surface area contributed by atoms with Gasteiger partial charge in [-0.3, -0.25) is 9.89 Å². The van der Waals surface area contributed by atoms with Gasteiger partial charge in [-0.05, 0) is 43.5 Å². The summed E-state index contributed by atoms with van der Waals surface area (Å²) in [6, 6.07) is 7.38. The summed E-state index contributed by atoms with van der Waals surface area (Å²) in [6.45, 7) is 0.980. The van der Waals surface area contributed by atoms with Gasteiger partial charge in [0.1, 0.15) is 11.9 Å². The topological polar surface area (TPSA) is 106 Å². The third-order valence-electron chi connectivity index (χ3n) is 3.61. The van der Waals surface area contributed by atoms with Gasteiger partial charge >= 0.3 is 0 Å². The van der Waals surface area contributed by atoms with Gasteiger partial charge in [0.05, 0.1) is 6.54 Å². The van der Waals surface area contributed by atoms with Crippen LogP contribution in [-0.4, -0.2) is 33.8 Å². The van der Waals surface area contributed by atoms with E-state index in [9.17, 15) is 4.79 Å². The number of H-pyrrole nitrogens is 1. The number of rotatable bonds is 4. The Morgan fingerprint density at radius 1 is 1.35 bits per heavy atom. The Hall–Kier alpha value is -1.96. The van der Waals surface area contributed by atoms with Crippen LogP contribution in [-0.2, 0) is 16.1 Å². The Balaban J connectivity index is 0.00000192. The molecule has 1 aromatic heterocycles. The van der Waals surface area contributed by atoms with Gasteiger partial charge in [-0.25, -0.2) is 4.98 Å². The zero-order valence-electron chi connectivity index (χ0n) is 12.6. The number of aromatic amines is 1. The molecule has 0 bridgehead atoms. The van der Waals surface area contributed by atoms with Crippen LogP contribution in [0.2, 0.25) is 0 Å². The average Bonchev–Trinajstić information content (AvgIpc) is 3.05. The second-order valence-corrected chi connectivity index (χ2v) is 5.23. The fourth-order valence-electron chi connectivity index (χ4n) is 2.39. The lowest BCUT2D eigenvalue weighted by molar-refractivity contribution is -0.129. The van der Waals surface area contributed by atoms with E-state index < -0.39 is 0 Å². The number of ether oxygens (including phenoxy) is 1. The second-order valence-electron chi connectivity index (χ2n) is 5.23. The van der Waals surface area contributed by atoms with Crippen molar-refractivity contribution in [1.29, 1.82) is 0 Å². The molecular formula is C15H20ClN5O2. The maximum absolute atomic E-state index is 12.1. The first-order chi connectivity index (χ1) is 10.8. The van der Waals surface area contributed by atoms with E-state index in [1.807, 2.05) is 24.3 Å². The molecule has 1 unspecified atom stereocenters. The fourth-order valence-corrected chi connectivity index (χ4v) is 2.39. The maximum atomic E-state index is 12.1. The number of anilines is 1. The molecule has 1 saturated heterocycles. The van der Waals surface area contributed by atoms with Crippen LogP contribution in [0.4, 0.5) is 5.69 Å². The van der Waals surface area contributed by atoms with Crippen LogP contribution in [0.5, 0.6) is 0 Å². The van der Waals surface area contributed by atoms with Crippen LogP contribution in [0.3, 0.4) is 0 Å². The third kappa shape index (κ3) is 4.28. The van der Waals surface area contributed by atoms with Crippen LogP contribution in [0.25, 0.3) is 11.4 Å². The molecular weight excluding hydrogens is 318 g/mol. The molecule has 4 N–H and O–H groups in total. The van der Waals surface area contributed by atoms with Crippen LogP contribution in [0.15, 0.2) is 24.3 Å². The van der Waals surface area contributed by atoms with Crippen LogP contribution in [0, 0.1) is 0 Å². The number of hydrogen-bond donors (Lipinski definition) is 3. The molecule has 1 aliphatic rings. The Morgan fingerprint density at radius 2 is 2.13 bits per heavy atom. The van der Waals surface area contributed by atoms with Gasteiger partial charge in [-0.15, -0.1) is 12.4 Å². The van der Waals surface area contributed by atoms with Crippen molar-refractivity contribution >= 4 is 24.0 Å². The summed E-state index contributed by atoms with van der Waals surface area (Å²) in [7, 11) is 0. The lowest BCUT2D eigenvalue weighted by Gasteiger charge is -2.21. The molecule has 1 aliphatic heterocycles. The summed E-state index contributed by atoms with van der Waals surface area (Å²) < 4.78 is 5.47. The molecule has 7 nitrogen and oxygen atoms in total. The van der Waals surface area contributed by atoms with E-state index in [-0.39, 0.29) is 24.4 Å². The van der Waals surface area contributed by atoms with Gasteiger partial charge in [-0.1, -0.05) is 0 Å². The summed E-state index contributed by atoms with van der Waals surface area (Å²) in [5.41, 5.74) is 7.10. The van der Waals surface area contributed by atoms with Crippen LogP contribution in [0.1, 0.15) is 25.1 Å². The van der Waals surface area contributed by atoms with E-state index in [0.29, 0.717) is 24.8 Å². The summed E-state index contributed by atoms with van der Waals surface area (Å²) >= 11 is 0. The number of nitrogens with two attached hydrogens (primary N) is 1. The minimum Gasteiger partial charge on any atom is -0.368 e. The standard InChI is InChI=1S/C15H19N5O2.ClH/c16-9-13-18-14(20-19-13)10-4-6-11(7-5-10)17-15(21)12-3-1-2-8-22-12;/h4-7,12H,1-3,8-9,16H2,(H,17,21)(H,18,19,20);1H. The summed E-state index contributed by atoms with van der Waals surface area (Å²) in [5.74, 6) is 1.14. The van der Waals surface area contributed by atoms with Crippen molar-refractivity contribution in [1.82, 2.24) is 15.2 Å². The van der Waals surface area contributed by atoms with Crippen LogP contribution >= 0.6 is 12.4 Å². The van der Waals surface area contributed by atoms with E-state index >= 15 is 0 Å². The molecule has 8 heteroatoms. The second kappa shape index (κ2) is 8.05. The molecule has 23 heavy (non-hydrogen) atoms. The highest BCUT2D eigenvalue weighted by Crippen LogP contribution is 2.19. The van der Waals surface area contributed by atoms with Gasteiger partial charge in [0, 0.05) is 17.9 Å². The molecule has 0 saturated carbocycles. The lowest BCUT2D eigenvalue weighted by atomic mass is 10.1. The Bertz CT molecular complexity index is 638. The first-order valence-electron chi connectivity index (χ1n) is 7.40. The zero-order valence-corrected chi connectivity index (χ0v) is 13.4. The number of aromatic nitrogens is 3. The number of carbonyl (C=O) groups excluding carboxylic acids is 1. The van der Waals surface area contributed by atoms with Crippen molar-refractivity contribution in [2.45, 2.75) is 31.9 Å². The first kappa shape index (κ1) is 17.4. The van der Waals surface area contributed by atoms with Crippen molar-refractivity contribution in [2.24, 2.45) is 5.73 Å². The SMILES string of the molecule is Cl.NCc1nc(-c2ccc(NC(=O)C3CCCCO3)cc2)n[nH]1. The molecule has 0 aliphatic carbocycles. The Morgan fingerprint density at radius 3 is 2.74 bits per heavy atom. The van der Waals surface area contributed by atoms with Gasteiger partial charge < -0.3 is 15.8 Å². The molecule has 1 atom stereocenters. The van der Waals surface area contributed by atoms with Gasteiger partial charge in [-0.2, -0.15) is 5.10 Å². The number of carbonyl (C=O) groups is 1. The van der Waals surface area contributed by atoms with E-state index in [4.69, 9.17) is 10.5 Å².